The zero-order valence-electron chi connectivity index (χ0n) is 10.3. The Balaban J connectivity index is 2.12. The van der Waals surface area contributed by atoms with Crippen molar-refractivity contribution in [3.8, 4) is 18.1 Å². The first kappa shape index (κ1) is 12.3. The number of hydrogen-bond acceptors (Lipinski definition) is 3. The Labute approximate surface area is 107 Å². The third-order valence-electron chi connectivity index (χ3n) is 2.76. The predicted octanol–water partition coefficient (Wildman–Crippen LogP) is 1.63. The van der Waals surface area contributed by atoms with Gasteiger partial charge >= 0.3 is 0 Å². The second-order valence-electron chi connectivity index (χ2n) is 4.22. The fourth-order valence-electron chi connectivity index (χ4n) is 1.62. The maximum Gasteiger partial charge on any atom is 0.251 e. The van der Waals surface area contributed by atoms with E-state index < -0.39 is 0 Å². The first-order chi connectivity index (χ1) is 8.74. The van der Waals surface area contributed by atoms with Gasteiger partial charge in [-0.2, -0.15) is 0 Å². The lowest BCUT2D eigenvalue weighted by atomic mass is 10.1. The largest absolute Gasteiger partial charge is 0.495 e. The van der Waals surface area contributed by atoms with E-state index in [0.29, 0.717) is 23.9 Å². The predicted molar refractivity (Wildman–Crippen MR) is 70.8 cm³/mol. The summed E-state index contributed by atoms with van der Waals surface area (Å²) >= 11 is 0. The van der Waals surface area contributed by atoms with Gasteiger partial charge < -0.3 is 15.4 Å². The molecule has 0 saturated heterocycles. The maximum absolute atomic E-state index is 11.9. The Morgan fingerprint density at radius 1 is 1.56 bits per heavy atom. The van der Waals surface area contributed by atoms with Crippen LogP contribution in [0.2, 0.25) is 0 Å². The molecule has 0 aromatic heterocycles. The van der Waals surface area contributed by atoms with Crippen LogP contribution in [-0.2, 0) is 0 Å². The van der Waals surface area contributed by atoms with E-state index in [0.717, 1.165) is 18.5 Å². The number of terminal acetylenes is 1. The maximum atomic E-state index is 11.9. The Bertz CT molecular complexity index is 487. The van der Waals surface area contributed by atoms with Crippen molar-refractivity contribution >= 4 is 11.6 Å². The quantitative estimate of drug-likeness (QED) is 0.774. The van der Waals surface area contributed by atoms with Crippen molar-refractivity contribution in [2.75, 3.05) is 19.0 Å². The molecule has 4 nitrogen and oxygen atoms in total. The summed E-state index contributed by atoms with van der Waals surface area (Å²) in [7, 11) is 1.57. The number of ether oxygens (including phenoxy) is 1. The Morgan fingerprint density at radius 2 is 2.33 bits per heavy atom. The third-order valence-corrected chi connectivity index (χ3v) is 2.76. The highest BCUT2D eigenvalue weighted by molar-refractivity contribution is 5.95. The topological polar surface area (TPSA) is 50.4 Å². The number of methoxy groups -OCH3 is 1. The van der Waals surface area contributed by atoms with Gasteiger partial charge in [-0.25, -0.2) is 0 Å². The molecule has 1 aromatic carbocycles. The molecule has 4 heteroatoms. The average molecular weight is 244 g/mol. The molecule has 94 valence electrons. The first-order valence-electron chi connectivity index (χ1n) is 5.91. The van der Waals surface area contributed by atoms with Crippen LogP contribution < -0.4 is 15.4 Å². The molecule has 0 radical (unpaired) electrons. The summed E-state index contributed by atoms with van der Waals surface area (Å²) in [5.74, 6) is 3.06. The van der Waals surface area contributed by atoms with Gasteiger partial charge in [0.1, 0.15) is 5.75 Å². The van der Waals surface area contributed by atoms with Gasteiger partial charge in [0, 0.05) is 11.6 Å². The average Bonchev–Trinajstić information content (AvgIpc) is 3.19. The van der Waals surface area contributed by atoms with E-state index in [2.05, 4.69) is 16.6 Å². The van der Waals surface area contributed by atoms with E-state index >= 15 is 0 Å². The van der Waals surface area contributed by atoms with Crippen LogP contribution in [0, 0.1) is 12.3 Å². The van der Waals surface area contributed by atoms with E-state index in [-0.39, 0.29) is 5.91 Å². The minimum absolute atomic E-state index is 0.0562. The van der Waals surface area contributed by atoms with Crippen molar-refractivity contribution in [2.45, 2.75) is 18.9 Å². The number of hydrogen-bond donors (Lipinski definition) is 2. The van der Waals surface area contributed by atoms with Crippen LogP contribution in [0.15, 0.2) is 18.2 Å². The molecule has 0 unspecified atom stereocenters. The highest BCUT2D eigenvalue weighted by atomic mass is 16.5. The third kappa shape index (κ3) is 2.95. The van der Waals surface area contributed by atoms with Crippen molar-refractivity contribution in [2.24, 2.45) is 0 Å². The summed E-state index contributed by atoms with van der Waals surface area (Å²) < 4.78 is 5.24. The van der Waals surface area contributed by atoms with Gasteiger partial charge in [-0.15, -0.1) is 6.42 Å². The number of benzene rings is 1. The second kappa shape index (κ2) is 5.46. The van der Waals surface area contributed by atoms with E-state index in [4.69, 9.17) is 11.2 Å². The lowest BCUT2D eigenvalue weighted by Gasteiger charge is -2.11. The number of anilines is 1. The number of nitrogens with one attached hydrogen (secondary N) is 2. The zero-order chi connectivity index (χ0) is 13.0. The van der Waals surface area contributed by atoms with E-state index in [1.807, 2.05) is 0 Å². The molecule has 2 rings (SSSR count). The summed E-state index contributed by atoms with van der Waals surface area (Å²) in [5.41, 5.74) is 1.39. The van der Waals surface area contributed by atoms with Crippen LogP contribution in [0.3, 0.4) is 0 Å². The van der Waals surface area contributed by atoms with Gasteiger partial charge in [0.05, 0.1) is 19.3 Å². The first-order valence-corrected chi connectivity index (χ1v) is 5.91. The summed E-state index contributed by atoms with van der Waals surface area (Å²) in [6, 6.07) is 5.64. The lowest BCUT2D eigenvalue weighted by Crippen LogP contribution is -2.25. The fourth-order valence-corrected chi connectivity index (χ4v) is 1.62. The van der Waals surface area contributed by atoms with Gasteiger partial charge in [-0.1, -0.05) is 5.92 Å². The smallest absolute Gasteiger partial charge is 0.251 e. The Kier molecular flexibility index (Phi) is 3.73. The number of carbonyl (C=O) groups excluding carboxylic acids is 1. The molecule has 18 heavy (non-hydrogen) atoms. The van der Waals surface area contributed by atoms with Gasteiger partial charge in [0.25, 0.3) is 5.91 Å². The minimum Gasteiger partial charge on any atom is -0.495 e. The molecule has 0 heterocycles. The van der Waals surface area contributed by atoms with Gasteiger partial charge in [-0.05, 0) is 31.0 Å². The normalized spacial score (nSPS) is 13.6. The standard InChI is InChI=1S/C14H16N2O2/c1-3-8-15-12-7-4-10(9-13(12)18-2)14(17)16-11-5-6-11/h1,4,7,9,11,15H,5-6,8H2,2H3,(H,16,17). The molecule has 0 spiro atoms. The molecule has 0 atom stereocenters. The highest BCUT2D eigenvalue weighted by Gasteiger charge is 2.24. The van der Waals surface area contributed by atoms with Gasteiger partial charge in [-0.3, -0.25) is 4.79 Å². The van der Waals surface area contributed by atoms with E-state index in [1.54, 1.807) is 25.3 Å². The summed E-state index contributed by atoms with van der Waals surface area (Å²) in [6.45, 7) is 0.421. The highest BCUT2D eigenvalue weighted by Crippen LogP contribution is 2.26. The molecule has 1 amide bonds. The van der Waals surface area contributed by atoms with Crippen molar-refractivity contribution in [3.63, 3.8) is 0 Å². The SMILES string of the molecule is C#CCNc1ccc(C(=O)NC2CC2)cc1OC. The van der Waals surface area contributed by atoms with Crippen molar-refractivity contribution < 1.29 is 9.53 Å². The van der Waals surface area contributed by atoms with Crippen LogP contribution in [0.4, 0.5) is 5.69 Å². The lowest BCUT2D eigenvalue weighted by molar-refractivity contribution is 0.0951. The zero-order valence-corrected chi connectivity index (χ0v) is 10.3. The number of amides is 1. The molecule has 1 saturated carbocycles. The fraction of sp³-hybridized carbons (Fsp3) is 0.357. The number of carbonyl (C=O) groups is 1. The van der Waals surface area contributed by atoms with Gasteiger partial charge in [0.2, 0.25) is 0 Å². The molecule has 0 aliphatic heterocycles. The molecule has 0 bridgehead atoms. The Hall–Kier alpha value is -2.15. The Morgan fingerprint density at radius 3 is 2.94 bits per heavy atom. The van der Waals surface area contributed by atoms with Crippen LogP contribution >= 0.6 is 0 Å². The van der Waals surface area contributed by atoms with E-state index in [9.17, 15) is 4.79 Å². The molecule has 1 fully saturated rings. The second-order valence-corrected chi connectivity index (χ2v) is 4.22. The molecular formula is C14H16N2O2. The van der Waals surface area contributed by atoms with Gasteiger partial charge in [0.15, 0.2) is 0 Å². The van der Waals surface area contributed by atoms with Crippen molar-refractivity contribution in [1.29, 1.82) is 0 Å². The minimum atomic E-state index is -0.0562. The monoisotopic (exact) mass is 244 g/mol. The summed E-state index contributed by atoms with van der Waals surface area (Å²) in [5, 5.41) is 5.98. The molecule has 2 N–H and O–H groups in total. The summed E-state index contributed by atoms with van der Waals surface area (Å²) in [6.07, 6.45) is 7.34. The van der Waals surface area contributed by atoms with E-state index in [1.165, 1.54) is 0 Å². The molecular weight excluding hydrogens is 228 g/mol. The van der Waals surface area contributed by atoms with Crippen LogP contribution in [-0.4, -0.2) is 25.6 Å². The molecule has 1 aromatic rings. The van der Waals surface area contributed by atoms with Crippen LogP contribution in [0.25, 0.3) is 0 Å². The summed E-state index contributed by atoms with van der Waals surface area (Å²) in [4.78, 5) is 11.9. The van der Waals surface area contributed by atoms with Crippen LogP contribution in [0.5, 0.6) is 5.75 Å². The van der Waals surface area contributed by atoms with Crippen molar-refractivity contribution in [1.82, 2.24) is 5.32 Å². The molecule has 1 aliphatic carbocycles. The van der Waals surface area contributed by atoms with Crippen LogP contribution in [0.1, 0.15) is 23.2 Å². The van der Waals surface area contributed by atoms with Crippen molar-refractivity contribution in [3.05, 3.63) is 23.8 Å². The number of rotatable bonds is 5. The molecule has 1 aliphatic rings.